The minimum absolute atomic E-state index is 0.0882. The predicted molar refractivity (Wildman–Crippen MR) is 65.3 cm³/mol. The Hall–Kier alpha value is -2.05. The van der Waals surface area contributed by atoms with Crippen molar-refractivity contribution in [3.63, 3.8) is 0 Å². The van der Waals surface area contributed by atoms with Gasteiger partial charge in [0.25, 0.3) is 5.91 Å². The molecule has 98 valence electrons. The van der Waals surface area contributed by atoms with Gasteiger partial charge in [0.1, 0.15) is 5.69 Å². The summed E-state index contributed by atoms with van der Waals surface area (Å²) in [6, 6.07) is -0.328. The lowest BCUT2D eigenvalue weighted by Crippen LogP contribution is -2.50. The van der Waals surface area contributed by atoms with Crippen molar-refractivity contribution in [3.8, 4) is 0 Å². The number of carbonyl (C=O) groups is 1. The van der Waals surface area contributed by atoms with E-state index >= 15 is 0 Å². The Kier molecular flexibility index (Phi) is 3.50. The van der Waals surface area contributed by atoms with Gasteiger partial charge >= 0.3 is 0 Å². The highest BCUT2D eigenvalue weighted by Crippen LogP contribution is 2.19. The molecule has 0 saturated carbocycles. The van der Waals surface area contributed by atoms with Crippen LogP contribution >= 0.6 is 0 Å². The zero-order valence-corrected chi connectivity index (χ0v) is 10.3. The van der Waals surface area contributed by atoms with Crippen molar-refractivity contribution in [2.75, 3.05) is 6.54 Å². The molecule has 3 N–H and O–H groups in total. The van der Waals surface area contributed by atoms with E-state index in [0.29, 0.717) is 12.2 Å². The van der Waals surface area contributed by atoms with Crippen molar-refractivity contribution >= 4 is 11.7 Å². The average Bonchev–Trinajstić information content (AvgIpc) is 2.83. The van der Waals surface area contributed by atoms with Crippen LogP contribution in [-0.4, -0.2) is 44.0 Å². The minimum Gasteiger partial charge on any atom is -0.409 e. The molecule has 0 radical (unpaired) electrons. The molecule has 1 amide bonds. The summed E-state index contributed by atoms with van der Waals surface area (Å²) in [7, 11) is 1.77. The van der Waals surface area contributed by atoms with E-state index in [-0.39, 0.29) is 17.8 Å². The fourth-order valence-electron chi connectivity index (χ4n) is 2.26. The zero-order valence-electron chi connectivity index (χ0n) is 10.3. The van der Waals surface area contributed by atoms with Crippen LogP contribution in [0.2, 0.25) is 0 Å². The Balaban J connectivity index is 2.24. The summed E-state index contributed by atoms with van der Waals surface area (Å²) < 4.78 is 1.67. The lowest BCUT2D eigenvalue weighted by molar-refractivity contribution is 0.0667. The third-order valence-electron chi connectivity index (χ3n) is 3.26. The van der Waals surface area contributed by atoms with Crippen molar-refractivity contribution in [3.05, 3.63) is 18.2 Å². The summed E-state index contributed by atoms with van der Waals surface area (Å²) in [6.07, 6.45) is 5.73. The molecule has 7 heteroatoms. The second-order valence-electron chi connectivity index (χ2n) is 4.42. The first-order chi connectivity index (χ1) is 8.65. The van der Waals surface area contributed by atoms with Crippen LogP contribution in [0.3, 0.4) is 0 Å². The van der Waals surface area contributed by atoms with Crippen LogP contribution in [0.25, 0.3) is 0 Å². The SMILES string of the molecule is Cn1cncc1C(=O)N1CCCCC1/C(N)=N/O. The van der Waals surface area contributed by atoms with Gasteiger partial charge in [-0.15, -0.1) is 0 Å². The van der Waals surface area contributed by atoms with E-state index in [2.05, 4.69) is 10.1 Å². The molecule has 1 saturated heterocycles. The Bertz CT molecular complexity index is 468. The zero-order chi connectivity index (χ0) is 13.1. The van der Waals surface area contributed by atoms with Crippen molar-refractivity contribution < 1.29 is 10.0 Å². The number of imidazole rings is 1. The van der Waals surface area contributed by atoms with Crippen LogP contribution in [0.4, 0.5) is 0 Å². The molecule has 0 spiro atoms. The summed E-state index contributed by atoms with van der Waals surface area (Å²) in [6.45, 7) is 0.616. The Morgan fingerprint density at radius 1 is 1.61 bits per heavy atom. The quantitative estimate of drug-likeness (QED) is 0.338. The average molecular weight is 251 g/mol. The maximum Gasteiger partial charge on any atom is 0.272 e. The first-order valence-electron chi connectivity index (χ1n) is 5.90. The number of piperidine rings is 1. The molecule has 2 rings (SSSR count). The maximum atomic E-state index is 12.4. The number of nitrogens with zero attached hydrogens (tertiary/aromatic N) is 4. The van der Waals surface area contributed by atoms with E-state index in [1.165, 1.54) is 6.20 Å². The number of nitrogens with two attached hydrogens (primary N) is 1. The van der Waals surface area contributed by atoms with Gasteiger partial charge < -0.3 is 20.4 Å². The molecule has 18 heavy (non-hydrogen) atoms. The molecule has 1 fully saturated rings. The van der Waals surface area contributed by atoms with Crippen molar-refractivity contribution in [2.45, 2.75) is 25.3 Å². The topological polar surface area (TPSA) is 96.7 Å². The van der Waals surface area contributed by atoms with Crippen LogP contribution < -0.4 is 5.73 Å². The van der Waals surface area contributed by atoms with Gasteiger partial charge in [-0.05, 0) is 19.3 Å². The van der Waals surface area contributed by atoms with Gasteiger partial charge in [0.2, 0.25) is 0 Å². The fraction of sp³-hybridized carbons (Fsp3) is 0.545. The molecule has 2 heterocycles. The number of carbonyl (C=O) groups excluding carboxylic acids is 1. The highest BCUT2D eigenvalue weighted by Gasteiger charge is 2.31. The van der Waals surface area contributed by atoms with E-state index in [9.17, 15) is 4.79 Å². The summed E-state index contributed by atoms with van der Waals surface area (Å²) in [4.78, 5) is 18.0. The van der Waals surface area contributed by atoms with Crippen LogP contribution in [0.1, 0.15) is 29.8 Å². The van der Waals surface area contributed by atoms with Crippen LogP contribution in [0.15, 0.2) is 17.7 Å². The highest BCUT2D eigenvalue weighted by atomic mass is 16.4. The first-order valence-corrected chi connectivity index (χ1v) is 5.90. The van der Waals surface area contributed by atoms with E-state index in [4.69, 9.17) is 10.9 Å². The van der Waals surface area contributed by atoms with Gasteiger partial charge in [0.15, 0.2) is 5.84 Å². The molecule has 7 nitrogen and oxygen atoms in total. The lowest BCUT2D eigenvalue weighted by atomic mass is 10.0. The number of hydrogen-bond donors (Lipinski definition) is 2. The van der Waals surface area contributed by atoms with Gasteiger partial charge in [-0.1, -0.05) is 5.16 Å². The normalized spacial score (nSPS) is 21.1. The first kappa shape index (κ1) is 12.4. The molecule has 1 aromatic heterocycles. The third kappa shape index (κ3) is 2.15. The summed E-state index contributed by atoms with van der Waals surface area (Å²) in [5.41, 5.74) is 6.16. The number of aryl methyl sites for hydroxylation is 1. The second kappa shape index (κ2) is 5.07. The molecule has 0 aliphatic carbocycles. The molecule has 1 aliphatic rings. The standard InChI is InChI=1S/C11H17N5O2/c1-15-7-13-6-9(15)11(17)16-5-3-2-4-8(16)10(12)14-18/h6-8,18H,2-5H2,1H3,(H2,12,14). The van der Waals surface area contributed by atoms with E-state index < -0.39 is 0 Å². The second-order valence-corrected chi connectivity index (χ2v) is 4.42. The fourth-order valence-corrected chi connectivity index (χ4v) is 2.26. The van der Waals surface area contributed by atoms with Crippen LogP contribution in [0, 0.1) is 0 Å². The largest absolute Gasteiger partial charge is 0.409 e. The summed E-state index contributed by atoms with van der Waals surface area (Å²) in [5.74, 6) is -0.0449. The number of likely N-dealkylation sites (tertiary alicyclic amines) is 1. The van der Waals surface area contributed by atoms with Gasteiger partial charge in [0, 0.05) is 13.6 Å². The molecule has 0 aromatic carbocycles. The van der Waals surface area contributed by atoms with Gasteiger partial charge in [-0.2, -0.15) is 0 Å². The number of aromatic nitrogens is 2. The van der Waals surface area contributed by atoms with Gasteiger partial charge in [0.05, 0.1) is 18.6 Å². The number of amidine groups is 1. The Labute approximate surface area is 105 Å². The maximum absolute atomic E-state index is 12.4. The van der Waals surface area contributed by atoms with Crippen LogP contribution in [0.5, 0.6) is 0 Å². The highest BCUT2D eigenvalue weighted by molar-refractivity contribution is 5.97. The number of oxime groups is 1. The van der Waals surface area contributed by atoms with E-state index in [1.54, 1.807) is 22.8 Å². The molecule has 1 aliphatic heterocycles. The Morgan fingerprint density at radius 2 is 2.39 bits per heavy atom. The molecular weight excluding hydrogens is 234 g/mol. The van der Waals surface area contributed by atoms with E-state index in [1.807, 2.05) is 0 Å². The Morgan fingerprint density at radius 3 is 3.00 bits per heavy atom. The van der Waals surface area contributed by atoms with Crippen molar-refractivity contribution in [1.29, 1.82) is 0 Å². The summed E-state index contributed by atoms with van der Waals surface area (Å²) in [5, 5.41) is 11.8. The number of amides is 1. The molecule has 1 aromatic rings. The molecular formula is C11H17N5O2. The predicted octanol–water partition coefficient (Wildman–Crippen LogP) is 0.161. The monoisotopic (exact) mass is 251 g/mol. The molecule has 0 bridgehead atoms. The van der Waals surface area contributed by atoms with Crippen molar-refractivity contribution in [2.24, 2.45) is 17.9 Å². The third-order valence-corrected chi connectivity index (χ3v) is 3.26. The summed E-state index contributed by atoms with van der Waals surface area (Å²) >= 11 is 0. The van der Waals surface area contributed by atoms with Crippen molar-refractivity contribution in [1.82, 2.24) is 14.5 Å². The van der Waals surface area contributed by atoms with Crippen LogP contribution in [-0.2, 0) is 7.05 Å². The smallest absolute Gasteiger partial charge is 0.272 e. The lowest BCUT2D eigenvalue weighted by Gasteiger charge is -2.34. The number of hydrogen-bond acceptors (Lipinski definition) is 4. The van der Waals surface area contributed by atoms with Gasteiger partial charge in [-0.25, -0.2) is 4.98 Å². The number of rotatable bonds is 2. The van der Waals surface area contributed by atoms with Gasteiger partial charge in [-0.3, -0.25) is 4.79 Å². The van der Waals surface area contributed by atoms with E-state index in [0.717, 1.165) is 19.3 Å². The molecule has 1 unspecified atom stereocenters. The minimum atomic E-state index is -0.328. The molecule has 1 atom stereocenters.